The van der Waals surface area contributed by atoms with Crippen molar-refractivity contribution in [3.05, 3.63) is 40.0 Å². The Hall–Kier alpha value is -3.70. The third-order valence-electron chi connectivity index (χ3n) is 11.3. The number of nitrogens with zero attached hydrogens (tertiary/aromatic N) is 6. The van der Waals surface area contributed by atoms with Crippen LogP contribution in [0.4, 0.5) is 33.5 Å². The number of hydrogen-bond acceptors (Lipinski definition) is 8. The van der Waals surface area contributed by atoms with Gasteiger partial charge in [0.15, 0.2) is 5.82 Å². The zero-order valence-corrected chi connectivity index (χ0v) is 26.9. The van der Waals surface area contributed by atoms with Crippen molar-refractivity contribution in [3.63, 3.8) is 0 Å². The molecule has 3 aliphatic heterocycles. The van der Waals surface area contributed by atoms with Crippen molar-refractivity contribution >= 4 is 34.0 Å². The lowest BCUT2D eigenvalue weighted by Crippen LogP contribution is -2.63. The van der Waals surface area contributed by atoms with Crippen LogP contribution in [-0.4, -0.2) is 75.5 Å². The average Bonchev–Trinajstić information content (AvgIpc) is 3.50. The number of anilines is 2. The van der Waals surface area contributed by atoms with E-state index in [1.54, 1.807) is 0 Å². The Morgan fingerprint density at radius 2 is 1.92 bits per heavy atom. The van der Waals surface area contributed by atoms with Gasteiger partial charge in [0.2, 0.25) is 11.9 Å². The smallest absolute Gasteiger partial charge is 0.418 e. The highest BCUT2D eigenvalue weighted by atomic mass is 35.5. The predicted molar refractivity (Wildman–Crippen MR) is 168 cm³/mol. The summed E-state index contributed by atoms with van der Waals surface area (Å²) in [5.41, 5.74) is 1.01. The van der Waals surface area contributed by atoms with Crippen LogP contribution in [0.1, 0.15) is 63.4 Å². The molecule has 2 N–H and O–H groups in total. The van der Waals surface area contributed by atoms with Gasteiger partial charge in [-0.05, 0) is 50.8 Å². The van der Waals surface area contributed by atoms with Gasteiger partial charge in [0.1, 0.15) is 40.8 Å². The molecule has 2 aliphatic carbocycles. The van der Waals surface area contributed by atoms with E-state index in [4.69, 9.17) is 38.4 Å². The van der Waals surface area contributed by atoms with E-state index in [9.17, 15) is 17.6 Å². The normalized spacial score (nSPS) is 29.2. The van der Waals surface area contributed by atoms with E-state index < -0.39 is 56.7 Å². The van der Waals surface area contributed by atoms with E-state index in [-0.39, 0.29) is 46.9 Å². The largest absolute Gasteiger partial charge is 0.470 e. The molecule has 1 aromatic carbocycles. The predicted octanol–water partition coefficient (Wildman–Crippen LogP) is 7.00. The Kier molecular flexibility index (Phi) is 7.00. The van der Waals surface area contributed by atoms with Crippen molar-refractivity contribution in [2.75, 3.05) is 37.4 Å². The van der Waals surface area contributed by atoms with Gasteiger partial charge < -0.3 is 25.0 Å². The number of alkyl halides is 4. The number of hydrogen-bond donors (Lipinski definition) is 1. The first-order chi connectivity index (χ1) is 22.8. The van der Waals surface area contributed by atoms with Crippen molar-refractivity contribution in [2.24, 2.45) is 0 Å². The number of nitrogens with two attached hydrogens (primary N) is 1. The number of ether oxygens (including phenoxy) is 2. The summed E-state index contributed by atoms with van der Waals surface area (Å²) in [7, 11) is 1.85. The molecule has 2 saturated heterocycles. The van der Waals surface area contributed by atoms with Crippen LogP contribution in [0.15, 0.2) is 12.1 Å². The van der Waals surface area contributed by atoms with Crippen molar-refractivity contribution in [3.8, 4) is 23.1 Å². The van der Waals surface area contributed by atoms with Gasteiger partial charge in [-0.1, -0.05) is 11.6 Å². The van der Waals surface area contributed by atoms with Crippen molar-refractivity contribution in [2.45, 2.75) is 92.9 Å². The van der Waals surface area contributed by atoms with Gasteiger partial charge in [-0.3, -0.25) is 4.90 Å². The molecule has 15 heteroatoms. The summed E-state index contributed by atoms with van der Waals surface area (Å²) in [4.78, 5) is 21.4. The zero-order valence-electron chi connectivity index (χ0n) is 26.1. The average molecular weight is 690 g/mol. The maximum Gasteiger partial charge on any atom is 0.418 e. The second-order valence-corrected chi connectivity index (χ2v) is 14.6. The molecule has 0 amide bonds. The molecule has 4 fully saturated rings. The Balaban J connectivity index is 1.34. The molecular formula is C33H33ClF5N7O2. The second-order valence-electron chi connectivity index (χ2n) is 14.2. The Labute approximate surface area is 278 Å². The Morgan fingerprint density at radius 1 is 1.15 bits per heavy atom. The van der Waals surface area contributed by atoms with Gasteiger partial charge in [-0.2, -0.15) is 23.1 Å². The van der Waals surface area contributed by atoms with E-state index >= 15 is 4.39 Å². The maximum atomic E-state index is 16.9. The molecule has 5 aliphatic rings. The first-order valence-corrected chi connectivity index (χ1v) is 16.5. The lowest BCUT2D eigenvalue weighted by molar-refractivity contribution is -0.137. The van der Waals surface area contributed by atoms with Gasteiger partial charge in [-0.15, -0.1) is 0 Å². The molecule has 3 aromatic rings. The molecular weight excluding hydrogens is 657 g/mol. The summed E-state index contributed by atoms with van der Waals surface area (Å²) in [6, 6.07) is 1.46. The number of aromatic nitrogens is 3. The van der Waals surface area contributed by atoms with Crippen LogP contribution in [0, 0.1) is 12.4 Å². The van der Waals surface area contributed by atoms with Gasteiger partial charge >= 0.3 is 12.2 Å². The first kappa shape index (κ1) is 31.6. The molecule has 9 nitrogen and oxygen atoms in total. The van der Waals surface area contributed by atoms with Crippen LogP contribution < -0.4 is 20.1 Å². The van der Waals surface area contributed by atoms with Crippen LogP contribution in [0.2, 0.25) is 5.02 Å². The molecule has 254 valence electrons. The van der Waals surface area contributed by atoms with Crippen LogP contribution in [-0.2, 0) is 6.18 Å². The lowest BCUT2D eigenvalue weighted by Gasteiger charge is -2.56. The highest BCUT2D eigenvalue weighted by molar-refractivity contribution is 6.32. The standard InChI is InChI=1S/C33H33ClF5N7O2/c1-41-19-12-32(13-19)15-30(5-3-6-30)45(2)27-22-26(43-29(44-27)47-16-31-7-4-8-46(31)14-17(35)11-31)24(36)25(42-28(22)48-32)20-9-18(40)10-21(34)23(20)33(37,38)39/h9-10,17,19H,3-8,11-16,40H2,2H3/t17-,19?,31+,32?/m1/s1. The topological polar surface area (TPSA) is 94.0 Å². The minimum absolute atomic E-state index is 0.0698. The van der Waals surface area contributed by atoms with E-state index in [0.717, 1.165) is 50.8 Å². The first-order valence-electron chi connectivity index (χ1n) is 16.1. The number of halogens is 6. The Morgan fingerprint density at radius 3 is 2.60 bits per heavy atom. The molecule has 0 bridgehead atoms. The molecule has 2 spiro atoms. The second kappa shape index (κ2) is 10.6. The summed E-state index contributed by atoms with van der Waals surface area (Å²) in [6.45, 7) is 8.69. The summed E-state index contributed by atoms with van der Waals surface area (Å²) >= 11 is 6.07. The van der Waals surface area contributed by atoms with Crippen LogP contribution in [0.25, 0.3) is 27.0 Å². The van der Waals surface area contributed by atoms with Gasteiger partial charge in [-0.25, -0.2) is 20.3 Å². The summed E-state index contributed by atoms with van der Waals surface area (Å²) in [6.07, 6.45) is -0.214. The summed E-state index contributed by atoms with van der Waals surface area (Å²) in [5.74, 6) is -1.02. The van der Waals surface area contributed by atoms with E-state index in [0.29, 0.717) is 32.2 Å². The molecule has 5 heterocycles. The third kappa shape index (κ3) is 4.75. The molecule has 0 unspecified atom stereocenters. The number of fused-ring (bicyclic) bond motifs is 1. The van der Waals surface area contributed by atoms with E-state index in [2.05, 4.69) is 19.7 Å². The third-order valence-corrected chi connectivity index (χ3v) is 11.6. The fourth-order valence-electron chi connectivity index (χ4n) is 8.81. The lowest BCUT2D eigenvalue weighted by atomic mass is 9.62. The van der Waals surface area contributed by atoms with E-state index in [1.165, 1.54) is 0 Å². The number of pyridine rings is 1. The monoisotopic (exact) mass is 689 g/mol. The van der Waals surface area contributed by atoms with Gasteiger partial charge in [0.05, 0.1) is 29.0 Å². The van der Waals surface area contributed by atoms with Crippen LogP contribution >= 0.6 is 11.6 Å². The zero-order chi connectivity index (χ0) is 33.8. The van der Waals surface area contributed by atoms with Crippen LogP contribution in [0.5, 0.6) is 11.9 Å². The van der Waals surface area contributed by atoms with Crippen molar-refractivity contribution in [1.82, 2.24) is 19.9 Å². The molecule has 2 atom stereocenters. The molecule has 2 aromatic heterocycles. The fourth-order valence-corrected chi connectivity index (χ4v) is 9.15. The number of nitrogen functional groups attached to an aromatic ring is 1. The quantitative estimate of drug-likeness (QED) is 0.178. The Bertz CT molecular complexity index is 1880. The van der Waals surface area contributed by atoms with Crippen molar-refractivity contribution < 1.29 is 31.4 Å². The number of rotatable bonds is 4. The van der Waals surface area contributed by atoms with E-state index in [1.807, 2.05) is 11.9 Å². The highest BCUT2D eigenvalue weighted by Crippen LogP contribution is 2.56. The molecule has 8 rings (SSSR count). The molecule has 48 heavy (non-hydrogen) atoms. The highest BCUT2D eigenvalue weighted by Gasteiger charge is 2.59. The fraction of sp³-hybridized carbons (Fsp3) is 0.576. The SMILES string of the molecule is [C-]#[N+]C1CC2(C1)CC1(CCC1)N(C)c1nc(OC[C@@]34CCCN3C[C@H](F)C4)nc3c(F)c(-c4cc(N)cc(Cl)c4C(F)(F)F)nc(c13)O2. The maximum absolute atomic E-state index is 16.9. The van der Waals surface area contributed by atoms with Crippen molar-refractivity contribution in [1.29, 1.82) is 0 Å². The number of benzene rings is 1. The summed E-state index contributed by atoms with van der Waals surface area (Å²) in [5, 5.41) is -0.614. The van der Waals surface area contributed by atoms with Gasteiger partial charge in [0, 0.05) is 43.2 Å². The minimum atomic E-state index is -4.97. The van der Waals surface area contributed by atoms with Crippen LogP contribution in [0.3, 0.4) is 0 Å². The minimum Gasteiger partial charge on any atom is -0.470 e. The molecule has 2 saturated carbocycles. The molecule has 0 radical (unpaired) electrons. The summed E-state index contributed by atoms with van der Waals surface area (Å²) < 4.78 is 87.5. The van der Waals surface area contributed by atoms with Gasteiger partial charge in [0.25, 0.3) is 0 Å².